The molecule has 0 radical (unpaired) electrons. The van der Waals surface area contributed by atoms with Crippen molar-refractivity contribution in [1.29, 1.82) is 0 Å². The van der Waals surface area contributed by atoms with Gasteiger partial charge in [0.2, 0.25) is 0 Å². The number of hydrazine groups is 1. The zero-order valence-corrected chi connectivity index (χ0v) is 11.4. The molecule has 16 heavy (non-hydrogen) atoms. The fraction of sp³-hybridized carbons (Fsp3) is 0.692. The summed E-state index contributed by atoms with van der Waals surface area (Å²) in [5.41, 5.74) is 2.96. The van der Waals surface area contributed by atoms with Gasteiger partial charge in [0, 0.05) is 9.75 Å². The van der Waals surface area contributed by atoms with Crippen molar-refractivity contribution in [3.63, 3.8) is 0 Å². The fourth-order valence-corrected chi connectivity index (χ4v) is 3.08. The van der Waals surface area contributed by atoms with E-state index in [-0.39, 0.29) is 0 Å². The molecule has 0 aliphatic rings. The van der Waals surface area contributed by atoms with Crippen molar-refractivity contribution in [1.82, 2.24) is 5.43 Å². The molecule has 2 atom stereocenters. The summed E-state index contributed by atoms with van der Waals surface area (Å²) in [4.78, 5) is 2.82. The van der Waals surface area contributed by atoms with E-state index in [0.29, 0.717) is 6.04 Å². The first-order valence-corrected chi connectivity index (χ1v) is 7.07. The van der Waals surface area contributed by atoms with Gasteiger partial charge < -0.3 is 0 Å². The van der Waals surface area contributed by atoms with Crippen LogP contribution >= 0.6 is 11.3 Å². The lowest BCUT2D eigenvalue weighted by Gasteiger charge is -2.18. The first-order valence-electron chi connectivity index (χ1n) is 6.25. The zero-order chi connectivity index (χ0) is 12.0. The highest BCUT2D eigenvalue weighted by molar-refractivity contribution is 7.12. The highest BCUT2D eigenvalue weighted by Gasteiger charge is 2.15. The molecule has 0 spiro atoms. The second kappa shape index (κ2) is 7.05. The summed E-state index contributed by atoms with van der Waals surface area (Å²) in [7, 11) is 0. The lowest BCUT2D eigenvalue weighted by molar-refractivity contribution is 0.398. The summed E-state index contributed by atoms with van der Waals surface area (Å²) in [5, 5.41) is 0. The zero-order valence-electron chi connectivity index (χ0n) is 10.6. The van der Waals surface area contributed by atoms with Crippen LogP contribution in [0, 0.1) is 5.92 Å². The first kappa shape index (κ1) is 13.7. The van der Waals surface area contributed by atoms with E-state index in [9.17, 15) is 0 Å². The summed E-state index contributed by atoms with van der Waals surface area (Å²) < 4.78 is 0. The molecular formula is C13H24N2S. The molecule has 0 aliphatic carbocycles. The maximum atomic E-state index is 5.66. The predicted octanol–water partition coefficient (Wildman–Crippen LogP) is 3.64. The molecular weight excluding hydrogens is 216 g/mol. The van der Waals surface area contributed by atoms with E-state index in [2.05, 4.69) is 38.3 Å². The molecule has 1 aromatic rings. The molecule has 3 heteroatoms. The predicted molar refractivity (Wildman–Crippen MR) is 72.5 cm³/mol. The van der Waals surface area contributed by atoms with Crippen LogP contribution in [0.1, 0.15) is 55.8 Å². The van der Waals surface area contributed by atoms with Crippen LogP contribution in [0.5, 0.6) is 0 Å². The van der Waals surface area contributed by atoms with Crippen LogP contribution in [0.2, 0.25) is 0 Å². The standard InChI is InChI=1S/C13H24N2S/c1-4-6-10(3)9-12(15-14)13-8-7-11(5-2)16-13/h7-8,10,12,15H,4-6,9,14H2,1-3H3. The second-order valence-corrected chi connectivity index (χ2v) is 5.71. The first-order chi connectivity index (χ1) is 7.71. The molecule has 3 N–H and O–H groups in total. The van der Waals surface area contributed by atoms with Gasteiger partial charge in [0.1, 0.15) is 0 Å². The number of nitrogens with one attached hydrogen (secondary N) is 1. The van der Waals surface area contributed by atoms with Gasteiger partial charge >= 0.3 is 0 Å². The van der Waals surface area contributed by atoms with Gasteiger partial charge in [0.15, 0.2) is 0 Å². The highest BCUT2D eigenvalue weighted by Crippen LogP contribution is 2.28. The summed E-state index contributed by atoms with van der Waals surface area (Å²) in [6.45, 7) is 6.74. The maximum absolute atomic E-state index is 5.66. The smallest absolute Gasteiger partial charge is 0.0555 e. The van der Waals surface area contributed by atoms with E-state index < -0.39 is 0 Å². The molecule has 2 nitrogen and oxygen atoms in total. The van der Waals surface area contributed by atoms with Crippen molar-refractivity contribution < 1.29 is 0 Å². The minimum atomic E-state index is 0.326. The fourth-order valence-electron chi connectivity index (χ4n) is 2.05. The number of hydrogen-bond donors (Lipinski definition) is 2. The Kier molecular flexibility index (Phi) is 6.03. The Morgan fingerprint density at radius 3 is 2.62 bits per heavy atom. The maximum Gasteiger partial charge on any atom is 0.0555 e. The Labute approximate surface area is 103 Å². The van der Waals surface area contributed by atoms with Crippen molar-refractivity contribution in [2.45, 2.75) is 52.5 Å². The molecule has 0 saturated carbocycles. The average Bonchev–Trinajstić information content (AvgIpc) is 2.74. The number of nitrogens with two attached hydrogens (primary N) is 1. The minimum Gasteiger partial charge on any atom is -0.271 e. The van der Waals surface area contributed by atoms with Gasteiger partial charge in [-0.05, 0) is 30.9 Å². The van der Waals surface area contributed by atoms with Crippen LogP contribution < -0.4 is 11.3 Å². The minimum absolute atomic E-state index is 0.326. The average molecular weight is 240 g/mol. The largest absolute Gasteiger partial charge is 0.271 e. The van der Waals surface area contributed by atoms with Gasteiger partial charge in [-0.3, -0.25) is 11.3 Å². The van der Waals surface area contributed by atoms with Gasteiger partial charge in [0.05, 0.1) is 6.04 Å². The molecule has 92 valence electrons. The van der Waals surface area contributed by atoms with Gasteiger partial charge in [-0.25, -0.2) is 0 Å². The molecule has 0 saturated heterocycles. The molecule has 1 aromatic heterocycles. The lowest BCUT2D eigenvalue weighted by Crippen LogP contribution is -2.28. The topological polar surface area (TPSA) is 38.0 Å². The second-order valence-electron chi connectivity index (χ2n) is 4.51. The SMILES string of the molecule is CCCC(C)CC(NN)c1ccc(CC)s1. The number of thiophene rings is 1. The van der Waals surface area contributed by atoms with Crippen LogP contribution in [0.25, 0.3) is 0 Å². The molecule has 0 fully saturated rings. The number of aryl methyl sites for hydroxylation is 1. The van der Waals surface area contributed by atoms with E-state index in [4.69, 9.17) is 5.84 Å². The molecule has 2 unspecified atom stereocenters. The third-order valence-electron chi connectivity index (χ3n) is 3.00. The van der Waals surface area contributed by atoms with E-state index >= 15 is 0 Å². The van der Waals surface area contributed by atoms with Crippen molar-refractivity contribution in [3.8, 4) is 0 Å². The molecule has 0 bridgehead atoms. The summed E-state index contributed by atoms with van der Waals surface area (Å²) >= 11 is 1.88. The van der Waals surface area contributed by atoms with Crippen LogP contribution in [0.3, 0.4) is 0 Å². The van der Waals surface area contributed by atoms with Crippen LogP contribution in [0.4, 0.5) is 0 Å². The number of rotatable bonds is 7. The van der Waals surface area contributed by atoms with Gasteiger partial charge in [-0.2, -0.15) is 0 Å². The molecule has 0 amide bonds. The molecule has 0 aliphatic heterocycles. The Hall–Kier alpha value is -0.380. The third-order valence-corrected chi connectivity index (χ3v) is 4.34. The van der Waals surface area contributed by atoms with Crippen LogP contribution in [0.15, 0.2) is 12.1 Å². The van der Waals surface area contributed by atoms with Crippen LogP contribution in [-0.2, 0) is 6.42 Å². The van der Waals surface area contributed by atoms with E-state index in [1.165, 1.54) is 22.6 Å². The van der Waals surface area contributed by atoms with E-state index in [0.717, 1.165) is 18.8 Å². The van der Waals surface area contributed by atoms with Crippen molar-refractivity contribution in [2.24, 2.45) is 11.8 Å². The Bertz CT molecular complexity index is 296. The van der Waals surface area contributed by atoms with Gasteiger partial charge in [-0.15, -0.1) is 11.3 Å². The molecule has 1 heterocycles. The van der Waals surface area contributed by atoms with Crippen molar-refractivity contribution in [2.75, 3.05) is 0 Å². The van der Waals surface area contributed by atoms with Gasteiger partial charge in [0.25, 0.3) is 0 Å². The van der Waals surface area contributed by atoms with E-state index in [1.807, 2.05) is 11.3 Å². The Morgan fingerprint density at radius 2 is 2.12 bits per heavy atom. The summed E-state index contributed by atoms with van der Waals surface area (Å²) in [5.74, 6) is 6.39. The monoisotopic (exact) mass is 240 g/mol. The van der Waals surface area contributed by atoms with Gasteiger partial charge in [-0.1, -0.05) is 33.6 Å². The molecule has 1 rings (SSSR count). The lowest BCUT2D eigenvalue weighted by atomic mass is 9.97. The quantitative estimate of drug-likeness (QED) is 0.564. The van der Waals surface area contributed by atoms with Crippen LogP contribution in [-0.4, -0.2) is 0 Å². The summed E-state index contributed by atoms with van der Waals surface area (Å²) in [6.07, 6.45) is 4.79. The van der Waals surface area contributed by atoms with Crippen molar-refractivity contribution in [3.05, 3.63) is 21.9 Å². The summed E-state index contributed by atoms with van der Waals surface area (Å²) in [6, 6.07) is 4.76. The Balaban J connectivity index is 2.59. The highest BCUT2D eigenvalue weighted by atomic mass is 32.1. The van der Waals surface area contributed by atoms with Crippen molar-refractivity contribution >= 4 is 11.3 Å². The van der Waals surface area contributed by atoms with E-state index in [1.54, 1.807) is 0 Å². The number of hydrogen-bond acceptors (Lipinski definition) is 3. The normalized spacial score (nSPS) is 15.0. The molecule has 0 aromatic carbocycles. The third kappa shape index (κ3) is 3.89. The Morgan fingerprint density at radius 1 is 1.38 bits per heavy atom.